The first kappa shape index (κ1) is 14.8. The zero-order valence-corrected chi connectivity index (χ0v) is 11.4. The summed E-state index contributed by atoms with van der Waals surface area (Å²) in [7, 11) is 0. The first-order chi connectivity index (χ1) is 9.97. The van der Waals surface area contributed by atoms with Gasteiger partial charge in [0.2, 0.25) is 0 Å². The molecule has 2 rings (SSSR count). The highest BCUT2D eigenvalue weighted by Gasteiger charge is 2.17. The topological polar surface area (TPSA) is 75.8 Å². The minimum absolute atomic E-state index is 0.345. The van der Waals surface area contributed by atoms with Crippen LogP contribution in [0.4, 0.5) is 9.18 Å². The molecule has 0 aromatic heterocycles. The van der Waals surface area contributed by atoms with Gasteiger partial charge in [0.1, 0.15) is 17.3 Å². The van der Waals surface area contributed by atoms with Crippen molar-refractivity contribution < 1.29 is 19.1 Å². The smallest absolute Gasteiger partial charge is 0.339 e. The second kappa shape index (κ2) is 6.23. The molecule has 2 amide bonds. The van der Waals surface area contributed by atoms with Crippen LogP contribution >= 0.6 is 0 Å². The van der Waals surface area contributed by atoms with Crippen molar-refractivity contribution in [2.75, 3.05) is 0 Å². The molecule has 1 unspecified atom stereocenters. The van der Waals surface area contributed by atoms with Crippen LogP contribution in [-0.2, 0) is 0 Å². The molecule has 0 aliphatic carbocycles. The summed E-state index contributed by atoms with van der Waals surface area (Å²) in [6, 6.07) is 10.9. The molecule has 0 fully saturated rings. The van der Waals surface area contributed by atoms with Crippen LogP contribution in [-0.4, -0.2) is 16.3 Å². The van der Waals surface area contributed by atoms with E-state index in [1.165, 1.54) is 24.3 Å². The van der Waals surface area contributed by atoms with Crippen LogP contribution < -0.4 is 10.5 Å². The lowest BCUT2D eigenvalue weighted by Crippen LogP contribution is -2.34. The molecule has 0 heterocycles. The number of hydroxylamine groups is 2. The van der Waals surface area contributed by atoms with Gasteiger partial charge >= 0.3 is 6.03 Å². The van der Waals surface area contributed by atoms with Crippen LogP contribution in [0.1, 0.15) is 18.5 Å². The van der Waals surface area contributed by atoms with E-state index in [1.807, 2.05) is 0 Å². The Morgan fingerprint density at radius 1 is 1.24 bits per heavy atom. The lowest BCUT2D eigenvalue weighted by atomic mass is 10.1. The predicted octanol–water partition coefficient (Wildman–Crippen LogP) is 3.45. The quantitative estimate of drug-likeness (QED) is 0.669. The maximum atomic E-state index is 12.8. The summed E-state index contributed by atoms with van der Waals surface area (Å²) in [4.78, 5) is 11.0. The number of rotatable bonds is 4. The number of nitrogens with zero attached hydrogens (tertiary/aromatic N) is 1. The Balaban J connectivity index is 2.17. The molecule has 0 saturated carbocycles. The SMILES string of the molecule is CC(c1cccc(Oc2ccc(F)cc2)c1)N(O)C(N)=O. The molecule has 3 N–H and O–H groups in total. The van der Waals surface area contributed by atoms with E-state index in [2.05, 4.69) is 0 Å². The molecular formula is C15H15FN2O3. The molecule has 0 aliphatic rings. The second-order valence-electron chi connectivity index (χ2n) is 4.49. The summed E-state index contributed by atoms with van der Waals surface area (Å²) < 4.78 is 18.4. The van der Waals surface area contributed by atoms with Gasteiger partial charge in [0.15, 0.2) is 0 Å². The van der Waals surface area contributed by atoms with Crippen molar-refractivity contribution in [3.05, 3.63) is 59.9 Å². The van der Waals surface area contributed by atoms with Gasteiger partial charge in [0, 0.05) is 0 Å². The van der Waals surface area contributed by atoms with Gasteiger partial charge in [-0.05, 0) is 48.9 Å². The second-order valence-corrected chi connectivity index (χ2v) is 4.49. The van der Waals surface area contributed by atoms with Crippen LogP contribution in [0.15, 0.2) is 48.5 Å². The van der Waals surface area contributed by atoms with E-state index >= 15 is 0 Å². The van der Waals surface area contributed by atoms with Gasteiger partial charge in [-0.2, -0.15) is 5.06 Å². The van der Waals surface area contributed by atoms with Crippen LogP contribution in [0.2, 0.25) is 0 Å². The van der Waals surface area contributed by atoms with Gasteiger partial charge < -0.3 is 10.5 Å². The van der Waals surface area contributed by atoms with E-state index < -0.39 is 12.1 Å². The number of urea groups is 1. The largest absolute Gasteiger partial charge is 0.457 e. The molecule has 2 aromatic rings. The molecule has 21 heavy (non-hydrogen) atoms. The molecule has 0 saturated heterocycles. The summed E-state index contributed by atoms with van der Waals surface area (Å²) in [6.07, 6.45) is 0. The lowest BCUT2D eigenvalue weighted by Gasteiger charge is -2.21. The highest BCUT2D eigenvalue weighted by atomic mass is 19.1. The standard InChI is InChI=1S/C15H15FN2O3/c1-10(18(20)15(17)19)11-3-2-4-14(9-11)21-13-7-5-12(16)6-8-13/h2-10,20H,1H3,(H2,17,19). The minimum Gasteiger partial charge on any atom is -0.457 e. The Morgan fingerprint density at radius 3 is 2.52 bits per heavy atom. The number of amides is 2. The van der Waals surface area contributed by atoms with Gasteiger partial charge in [0.25, 0.3) is 0 Å². The average molecular weight is 290 g/mol. The number of hydrogen-bond acceptors (Lipinski definition) is 3. The number of benzene rings is 2. The Hall–Kier alpha value is -2.60. The van der Waals surface area contributed by atoms with Gasteiger partial charge in [-0.3, -0.25) is 5.21 Å². The molecule has 110 valence electrons. The van der Waals surface area contributed by atoms with Crippen molar-refractivity contribution in [2.45, 2.75) is 13.0 Å². The summed E-state index contributed by atoms with van der Waals surface area (Å²) in [5.74, 6) is 0.642. The fourth-order valence-electron chi connectivity index (χ4n) is 1.81. The maximum absolute atomic E-state index is 12.8. The number of nitrogens with two attached hydrogens (primary N) is 1. The third-order valence-corrected chi connectivity index (χ3v) is 2.98. The van der Waals surface area contributed by atoms with Gasteiger partial charge in [0.05, 0.1) is 6.04 Å². The van der Waals surface area contributed by atoms with Crippen molar-refractivity contribution in [3.8, 4) is 11.5 Å². The summed E-state index contributed by atoms with van der Waals surface area (Å²) >= 11 is 0. The van der Waals surface area contributed by atoms with Crippen molar-refractivity contribution in [1.82, 2.24) is 5.06 Å². The Bertz CT molecular complexity index is 631. The van der Waals surface area contributed by atoms with E-state index in [1.54, 1.807) is 31.2 Å². The number of ether oxygens (including phenoxy) is 1. The normalized spacial score (nSPS) is 11.8. The lowest BCUT2D eigenvalue weighted by molar-refractivity contribution is -0.0710. The first-order valence-electron chi connectivity index (χ1n) is 6.28. The fraction of sp³-hybridized carbons (Fsp3) is 0.133. The molecule has 0 aliphatic heterocycles. The van der Waals surface area contributed by atoms with Gasteiger partial charge in [-0.25, -0.2) is 9.18 Å². The third-order valence-electron chi connectivity index (χ3n) is 2.98. The number of carbonyl (C=O) groups excluding carboxylic acids is 1. The third kappa shape index (κ3) is 3.70. The Kier molecular flexibility index (Phi) is 4.39. The molecule has 1 atom stereocenters. The summed E-state index contributed by atoms with van der Waals surface area (Å²) in [6.45, 7) is 1.63. The zero-order chi connectivity index (χ0) is 15.4. The van der Waals surface area contributed by atoms with Crippen molar-refractivity contribution in [3.63, 3.8) is 0 Å². The summed E-state index contributed by atoms with van der Waals surface area (Å²) in [5.41, 5.74) is 5.67. The fourth-order valence-corrected chi connectivity index (χ4v) is 1.81. The Morgan fingerprint density at radius 2 is 1.90 bits per heavy atom. The van der Waals surface area contributed by atoms with Crippen molar-refractivity contribution in [1.29, 1.82) is 0 Å². The van der Waals surface area contributed by atoms with Crippen molar-refractivity contribution >= 4 is 6.03 Å². The number of hydrogen-bond donors (Lipinski definition) is 2. The first-order valence-corrected chi connectivity index (χ1v) is 6.28. The molecule has 0 bridgehead atoms. The van der Waals surface area contributed by atoms with Crippen LogP contribution in [0.25, 0.3) is 0 Å². The van der Waals surface area contributed by atoms with E-state index in [9.17, 15) is 14.4 Å². The highest BCUT2D eigenvalue weighted by molar-refractivity contribution is 5.71. The maximum Gasteiger partial charge on any atom is 0.339 e. The number of primary amides is 1. The summed E-state index contributed by atoms with van der Waals surface area (Å²) in [5, 5.41) is 9.98. The van der Waals surface area contributed by atoms with Crippen LogP contribution in [0.3, 0.4) is 0 Å². The molecule has 0 radical (unpaired) electrons. The van der Waals surface area contributed by atoms with Crippen LogP contribution in [0, 0.1) is 5.82 Å². The van der Waals surface area contributed by atoms with Crippen molar-refractivity contribution in [2.24, 2.45) is 5.73 Å². The molecule has 2 aromatic carbocycles. The van der Waals surface area contributed by atoms with E-state index in [0.717, 1.165) is 0 Å². The Labute approximate surface area is 121 Å². The predicted molar refractivity (Wildman–Crippen MR) is 74.5 cm³/mol. The van der Waals surface area contributed by atoms with E-state index in [-0.39, 0.29) is 5.82 Å². The molecule has 5 nitrogen and oxygen atoms in total. The molecule has 6 heteroatoms. The monoisotopic (exact) mass is 290 g/mol. The van der Waals surface area contributed by atoms with E-state index in [4.69, 9.17) is 10.5 Å². The highest BCUT2D eigenvalue weighted by Crippen LogP contribution is 2.26. The minimum atomic E-state index is -0.938. The number of carbonyl (C=O) groups is 1. The molecule has 0 spiro atoms. The number of halogens is 1. The molecular weight excluding hydrogens is 275 g/mol. The van der Waals surface area contributed by atoms with Gasteiger partial charge in [-0.15, -0.1) is 0 Å². The van der Waals surface area contributed by atoms with Gasteiger partial charge in [-0.1, -0.05) is 12.1 Å². The van der Waals surface area contributed by atoms with Crippen LogP contribution in [0.5, 0.6) is 11.5 Å². The van der Waals surface area contributed by atoms with E-state index in [0.29, 0.717) is 22.1 Å². The average Bonchev–Trinajstić information content (AvgIpc) is 2.48. The zero-order valence-electron chi connectivity index (χ0n) is 11.4.